The van der Waals surface area contributed by atoms with Gasteiger partial charge in [-0.3, -0.25) is 24.5 Å². The van der Waals surface area contributed by atoms with Crippen molar-refractivity contribution >= 4 is 57.9 Å². The van der Waals surface area contributed by atoms with Gasteiger partial charge in [-0.25, -0.2) is 4.90 Å². The van der Waals surface area contributed by atoms with Gasteiger partial charge >= 0.3 is 4.87 Å². The maximum atomic E-state index is 13.9. The number of nitro groups is 1. The van der Waals surface area contributed by atoms with Crippen molar-refractivity contribution in [2.75, 3.05) is 12.0 Å². The molecule has 0 aliphatic carbocycles. The third-order valence-corrected chi connectivity index (χ3v) is 9.65. The second kappa shape index (κ2) is 10.7. The fourth-order valence-corrected chi connectivity index (χ4v) is 7.73. The van der Waals surface area contributed by atoms with Gasteiger partial charge in [-0.1, -0.05) is 52.9 Å². The predicted octanol–water partition coefficient (Wildman–Crippen LogP) is 5.38. The summed E-state index contributed by atoms with van der Waals surface area (Å²) in [7, 11) is 1.51. The fraction of sp³-hybridized carbons (Fsp3) is 0.179. The van der Waals surface area contributed by atoms with Crippen molar-refractivity contribution in [3.05, 3.63) is 108 Å². The van der Waals surface area contributed by atoms with Crippen LogP contribution in [0.25, 0.3) is 0 Å². The molecule has 0 saturated carbocycles. The molecule has 3 heterocycles. The van der Waals surface area contributed by atoms with Crippen LogP contribution < -0.4 is 19.2 Å². The topological polar surface area (TPSA) is 132 Å². The molecule has 41 heavy (non-hydrogen) atoms. The van der Waals surface area contributed by atoms with Crippen molar-refractivity contribution < 1.29 is 24.0 Å². The van der Waals surface area contributed by atoms with Crippen LogP contribution in [0.3, 0.4) is 0 Å². The third kappa shape index (κ3) is 4.88. The van der Waals surface area contributed by atoms with E-state index in [1.165, 1.54) is 31.4 Å². The van der Waals surface area contributed by atoms with E-state index in [-0.39, 0.29) is 22.9 Å². The zero-order valence-electron chi connectivity index (χ0n) is 21.2. The van der Waals surface area contributed by atoms with E-state index in [0.29, 0.717) is 32.0 Å². The van der Waals surface area contributed by atoms with Gasteiger partial charge in [0.05, 0.1) is 28.7 Å². The molecule has 10 nitrogen and oxygen atoms in total. The van der Waals surface area contributed by atoms with Crippen molar-refractivity contribution in [1.29, 1.82) is 0 Å². The molecule has 6 rings (SSSR count). The summed E-state index contributed by atoms with van der Waals surface area (Å²) in [6, 6.07) is 17.9. The number of hydrogen-bond acceptors (Lipinski definition) is 9. The number of carbonyl (C=O) groups excluding carboxylic acids is 2. The number of imide groups is 1. The molecule has 2 amide bonds. The third-order valence-electron chi connectivity index (χ3n) is 7.00. The molecule has 0 spiro atoms. The lowest BCUT2D eigenvalue weighted by atomic mass is 9.83. The smallest absolute Gasteiger partial charge is 0.305 e. The second-order valence-electron chi connectivity index (χ2n) is 9.36. The highest BCUT2D eigenvalue weighted by atomic mass is 35.5. The first-order valence-electron chi connectivity index (χ1n) is 12.3. The number of amides is 2. The molecule has 1 N–H and O–H groups in total. The number of rotatable bonds is 7. The van der Waals surface area contributed by atoms with E-state index in [2.05, 4.69) is 4.98 Å². The predicted molar refractivity (Wildman–Crippen MR) is 154 cm³/mol. The number of ether oxygens (including phenoxy) is 2. The largest absolute Gasteiger partial charge is 0.493 e. The number of nitrogens with zero attached hydrogens (tertiary/aromatic N) is 2. The van der Waals surface area contributed by atoms with Gasteiger partial charge in [0.1, 0.15) is 11.9 Å². The summed E-state index contributed by atoms with van der Waals surface area (Å²) in [5, 5.41) is 11.5. The highest BCUT2D eigenvalue weighted by molar-refractivity contribution is 8.00. The van der Waals surface area contributed by atoms with Crippen LogP contribution >= 0.6 is 34.7 Å². The summed E-state index contributed by atoms with van der Waals surface area (Å²) in [5.41, 5.74) is 1.69. The van der Waals surface area contributed by atoms with Gasteiger partial charge in [0.15, 0.2) is 11.5 Å². The number of aromatic nitrogens is 1. The lowest BCUT2D eigenvalue weighted by molar-refractivity contribution is -0.384. The number of thiazole rings is 1. The zero-order valence-corrected chi connectivity index (χ0v) is 23.6. The Labute approximate surface area is 246 Å². The molecule has 208 valence electrons. The van der Waals surface area contributed by atoms with Crippen LogP contribution in [0, 0.1) is 16.0 Å². The van der Waals surface area contributed by atoms with E-state index >= 15 is 0 Å². The van der Waals surface area contributed by atoms with E-state index in [0.717, 1.165) is 33.6 Å². The van der Waals surface area contributed by atoms with Crippen LogP contribution in [0.1, 0.15) is 21.9 Å². The van der Waals surface area contributed by atoms with Gasteiger partial charge in [-0.15, -0.1) is 0 Å². The minimum atomic E-state index is -0.813. The number of carbonyl (C=O) groups is 2. The Bertz CT molecular complexity index is 1740. The minimum absolute atomic E-state index is 0.150. The number of aromatic amines is 1. The first kappa shape index (κ1) is 27.1. The van der Waals surface area contributed by atoms with Crippen LogP contribution in [-0.2, 0) is 16.2 Å². The van der Waals surface area contributed by atoms with Crippen molar-refractivity contribution in [2.45, 2.75) is 22.8 Å². The van der Waals surface area contributed by atoms with Gasteiger partial charge in [-0.05, 0) is 47.5 Å². The Kier molecular flexibility index (Phi) is 7.06. The number of halogens is 1. The molecular weight excluding hydrogens is 590 g/mol. The highest BCUT2D eigenvalue weighted by Crippen LogP contribution is 2.53. The Morgan fingerprint density at radius 3 is 2.41 bits per heavy atom. The molecule has 0 unspecified atom stereocenters. The van der Waals surface area contributed by atoms with Crippen molar-refractivity contribution in [2.24, 2.45) is 5.92 Å². The summed E-state index contributed by atoms with van der Waals surface area (Å²) in [6.07, 6.45) is 0. The highest BCUT2D eigenvalue weighted by Gasteiger charge is 2.56. The summed E-state index contributed by atoms with van der Waals surface area (Å²) in [4.78, 5) is 54.6. The van der Waals surface area contributed by atoms with E-state index < -0.39 is 33.8 Å². The van der Waals surface area contributed by atoms with E-state index in [1.807, 2.05) is 12.1 Å². The van der Waals surface area contributed by atoms with Gasteiger partial charge < -0.3 is 14.5 Å². The van der Waals surface area contributed by atoms with E-state index in [1.54, 1.807) is 30.3 Å². The maximum absolute atomic E-state index is 13.9. The van der Waals surface area contributed by atoms with Gasteiger partial charge in [0, 0.05) is 28.0 Å². The quantitative estimate of drug-likeness (QED) is 0.168. The molecule has 0 bridgehead atoms. The van der Waals surface area contributed by atoms with Crippen molar-refractivity contribution in [1.82, 2.24) is 4.98 Å². The van der Waals surface area contributed by atoms with Gasteiger partial charge in [-0.2, -0.15) is 0 Å². The molecule has 1 aromatic heterocycles. The molecule has 1 saturated heterocycles. The molecule has 3 aromatic carbocycles. The number of thioether (sulfide) groups is 1. The summed E-state index contributed by atoms with van der Waals surface area (Å²) in [5.74, 6) is -1.40. The summed E-state index contributed by atoms with van der Waals surface area (Å²) in [6.45, 7) is 0.276. The number of nitrogens with one attached hydrogen (secondary N) is 1. The summed E-state index contributed by atoms with van der Waals surface area (Å²) >= 11 is 8.12. The number of benzene rings is 3. The van der Waals surface area contributed by atoms with E-state index in [9.17, 15) is 24.5 Å². The number of fused-ring (bicyclic) bond motifs is 2. The Morgan fingerprint density at radius 1 is 1.00 bits per heavy atom. The number of hydrogen-bond donors (Lipinski definition) is 1. The van der Waals surface area contributed by atoms with Crippen LogP contribution in [0.2, 0.25) is 5.02 Å². The standard InChI is InChI=1S/C28H20ClN3O7S2/c1-38-20-12-15(4-11-19(20)39-13-14-2-5-16(29)6-3-14)21-22-24(40-25-23(21)41-28(35)30-25)27(34)31(26(22)33)17-7-9-18(10-8-17)32(36)37/h2-12,21-22,24H,13H2,1H3,(H,30,35)/t21-,22-,24+/m0/s1. The normalized spacial score (nSPS) is 19.6. The van der Waals surface area contributed by atoms with Crippen LogP contribution in [0.15, 0.2) is 76.6 Å². The number of H-pyrrole nitrogens is 1. The van der Waals surface area contributed by atoms with Crippen molar-refractivity contribution in [3.8, 4) is 11.5 Å². The Morgan fingerprint density at radius 2 is 1.73 bits per heavy atom. The average Bonchev–Trinajstić information content (AvgIpc) is 3.46. The van der Waals surface area contributed by atoms with Crippen LogP contribution in [0.4, 0.5) is 11.4 Å². The average molecular weight is 610 g/mol. The zero-order chi connectivity index (χ0) is 28.8. The fourth-order valence-electron chi connectivity index (χ4n) is 5.09. The molecule has 2 aliphatic heterocycles. The van der Waals surface area contributed by atoms with E-state index in [4.69, 9.17) is 21.1 Å². The number of anilines is 1. The molecule has 13 heteroatoms. The molecular formula is C28H20ClN3O7S2. The monoisotopic (exact) mass is 609 g/mol. The lowest BCUT2D eigenvalue weighted by Crippen LogP contribution is -2.32. The van der Waals surface area contributed by atoms with Gasteiger partial charge in [0.2, 0.25) is 11.8 Å². The Hall–Kier alpha value is -4.13. The first-order chi connectivity index (χ1) is 19.7. The SMILES string of the molecule is COc1cc([C@@H]2c3sc(=O)[nH]c3S[C@H]3C(=O)N(c4ccc([N+](=O)[O-])cc4)C(=O)[C@@H]23)ccc1OCc1ccc(Cl)cc1. The van der Waals surface area contributed by atoms with Crippen LogP contribution in [-0.4, -0.2) is 34.1 Å². The first-order valence-corrected chi connectivity index (χ1v) is 14.4. The molecule has 2 aliphatic rings. The second-order valence-corrected chi connectivity index (χ2v) is 12.0. The molecule has 4 aromatic rings. The maximum Gasteiger partial charge on any atom is 0.305 e. The molecule has 0 radical (unpaired) electrons. The number of nitro benzene ring substituents is 1. The van der Waals surface area contributed by atoms with Crippen LogP contribution in [0.5, 0.6) is 11.5 Å². The number of methoxy groups -OCH3 is 1. The number of non-ortho nitro benzene ring substituents is 1. The van der Waals surface area contributed by atoms with Gasteiger partial charge in [0.25, 0.3) is 5.69 Å². The lowest BCUT2D eigenvalue weighted by Gasteiger charge is -2.30. The Balaban J connectivity index is 1.36. The summed E-state index contributed by atoms with van der Waals surface area (Å²) < 4.78 is 11.6. The molecule has 3 atom stereocenters. The van der Waals surface area contributed by atoms with Crippen molar-refractivity contribution in [3.63, 3.8) is 0 Å². The minimum Gasteiger partial charge on any atom is -0.493 e. The molecule has 1 fully saturated rings.